The van der Waals surface area contributed by atoms with Crippen molar-refractivity contribution in [2.45, 2.75) is 11.8 Å². The number of nitro groups is 1. The van der Waals surface area contributed by atoms with Crippen LogP contribution in [0, 0.1) is 22.9 Å². The van der Waals surface area contributed by atoms with Crippen molar-refractivity contribution in [2.75, 3.05) is 23.3 Å². The highest BCUT2D eigenvalue weighted by atomic mass is 32.2. The van der Waals surface area contributed by atoms with Gasteiger partial charge in [0.1, 0.15) is 18.1 Å². The summed E-state index contributed by atoms with van der Waals surface area (Å²) < 4.78 is 45.9. The molecule has 0 bridgehead atoms. The van der Waals surface area contributed by atoms with Gasteiger partial charge < -0.3 is 10.1 Å². The molecule has 9 nitrogen and oxygen atoms in total. The minimum absolute atomic E-state index is 0.172. The Morgan fingerprint density at radius 3 is 2.30 bits per heavy atom. The molecule has 3 aromatic carbocycles. The smallest absolute Gasteiger partial charge is 0.274 e. The van der Waals surface area contributed by atoms with Crippen LogP contribution in [0.15, 0.2) is 71.6 Å². The van der Waals surface area contributed by atoms with E-state index in [-0.39, 0.29) is 27.5 Å². The van der Waals surface area contributed by atoms with Crippen molar-refractivity contribution in [1.29, 1.82) is 0 Å². The molecule has 33 heavy (non-hydrogen) atoms. The second-order valence-corrected chi connectivity index (χ2v) is 8.78. The Labute approximate surface area is 189 Å². The minimum Gasteiger partial charge on any atom is -0.497 e. The number of rotatable bonds is 8. The van der Waals surface area contributed by atoms with Crippen LogP contribution in [0.5, 0.6) is 5.75 Å². The van der Waals surface area contributed by atoms with Crippen LogP contribution in [0.3, 0.4) is 0 Å². The topological polar surface area (TPSA) is 119 Å². The molecule has 0 radical (unpaired) electrons. The van der Waals surface area contributed by atoms with Gasteiger partial charge >= 0.3 is 0 Å². The summed E-state index contributed by atoms with van der Waals surface area (Å²) in [5.41, 5.74) is 0.404. The number of nitrogens with one attached hydrogen (secondary N) is 1. The lowest BCUT2D eigenvalue weighted by atomic mass is 10.1. The van der Waals surface area contributed by atoms with Crippen molar-refractivity contribution in [1.82, 2.24) is 0 Å². The molecule has 11 heteroatoms. The summed E-state index contributed by atoms with van der Waals surface area (Å²) in [5, 5.41) is 13.7. The lowest BCUT2D eigenvalue weighted by molar-refractivity contribution is -0.385. The number of ether oxygens (including phenoxy) is 1. The van der Waals surface area contributed by atoms with Crippen molar-refractivity contribution in [3.63, 3.8) is 0 Å². The van der Waals surface area contributed by atoms with Crippen LogP contribution < -0.4 is 14.4 Å². The van der Waals surface area contributed by atoms with Gasteiger partial charge in [-0.05, 0) is 61.5 Å². The van der Waals surface area contributed by atoms with E-state index in [1.165, 1.54) is 56.5 Å². The van der Waals surface area contributed by atoms with Crippen LogP contribution in [0.4, 0.5) is 21.5 Å². The normalized spacial score (nSPS) is 11.0. The second-order valence-electron chi connectivity index (χ2n) is 6.92. The van der Waals surface area contributed by atoms with Crippen LogP contribution in [0.2, 0.25) is 0 Å². The number of hydrogen-bond donors (Lipinski definition) is 1. The highest BCUT2D eigenvalue weighted by Gasteiger charge is 2.28. The molecule has 0 unspecified atom stereocenters. The van der Waals surface area contributed by atoms with Gasteiger partial charge in [-0.2, -0.15) is 0 Å². The summed E-state index contributed by atoms with van der Waals surface area (Å²) in [6.45, 7) is 0.846. The maximum atomic E-state index is 13.3. The van der Waals surface area contributed by atoms with Crippen LogP contribution >= 0.6 is 0 Å². The molecule has 0 heterocycles. The Balaban J connectivity index is 1.96. The van der Waals surface area contributed by atoms with Gasteiger partial charge in [0, 0.05) is 6.07 Å². The number of benzene rings is 3. The molecule has 0 saturated carbocycles. The van der Waals surface area contributed by atoms with Crippen LogP contribution in [-0.2, 0) is 14.8 Å². The number of sulfonamides is 1. The lowest BCUT2D eigenvalue weighted by Crippen LogP contribution is -2.38. The van der Waals surface area contributed by atoms with Crippen molar-refractivity contribution in [3.8, 4) is 5.75 Å². The summed E-state index contributed by atoms with van der Waals surface area (Å²) >= 11 is 0. The van der Waals surface area contributed by atoms with E-state index in [1.54, 1.807) is 0 Å². The first-order chi connectivity index (χ1) is 15.6. The number of halogens is 1. The third-order valence-corrected chi connectivity index (χ3v) is 6.61. The van der Waals surface area contributed by atoms with E-state index in [9.17, 15) is 27.7 Å². The fourth-order valence-electron chi connectivity index (χ4n) is 3.07. The molecule has 0 aliphatic heterocycles. The number of nitrogens with zero attached hydrogens (tertiary/aromatic N) is 2. The first kappa shape index (κ1) is 23.7. The standard InChI is InChI=1S/C22H20FN3O6S/c1-15-20(4-3-5-21(15)26(28)29)24-22(27)14-25(17-8-10-18(32-2)11-9-17)33(30,31)19-12-6-16(23)7-13-19/h3-13H,14H2,1-2H3,(H,24,27). The van der Waals surface area contributed by atoms with Crippen molar-refractivity contribution in [2.24, 2.45) is 0 Å². The second kappa shape index (κ2) is 9.65. The molecule has 0 atom stereocenters. The fourth-order valence-corrected chi connectivity index (χ4v) is 4.50. The molecule has 0 saturated heterocycles. The van der Waals surface area contributed by atoms with Crippen molar-refractivity contribution in [3.05, 3.63) is 88.2 Å². The van der Waals surface area contributed by atoms with Crippen molar-refractivity contribution >= 4 is 33.0 Å². The minimum atomic E-state index is -4.25. The Hall–Kier alpha value is -3.99. The maximum absolute atomic E-state index is 13.3. The van der Waals surface area contributed by atoms with Crippen molar-refractivity contribution < 1.29 is 27.3 Å². The van der Waals surface area contributed by atoms with Gasteiger partial charge in [-0.1, -0.05) is 6.07 Å². The summed E-state index contributed by atoms with van der Waals surface area (Å²) in [7, 11) is -2.80. The SMILES string of the molecule is COc1ccc(N(CC(=O)Nc2cccc([N+](=O)[O-])c2C)S(=O)(=O)c2ccc(F)cc2)cc1. The Kier molecular flexibility index (Phi) is 6.92. The van der Waals surface area contributed by atoms with Gasteiger partial charge in [0.15, 0.2) is 0 Å². The van der Waals surface area contributed by atoms with Crippen LogP contribution in [0.1, 0.15) is 5.56 Å². The third-order valence-electron chi connectivity index (χ3n) is 4.83. The van der Waals surface area contributed by atoms with E-state index in [1.807, 2.05) is 0 Å². The summed E-state index contributed by atoms with van der Waals surface area (Å²) in [5.74, 6) is -0.849. The lowest BCUT2D eigenvalue weighted by Gasteiger charge is -2.24. The molecule has 0 aliphatic carbocycles. The highest BCUT2D eigenvalue weighted by molar-refractivity contribution is 7.92. The van der Waals surface area contributed by atoms with Gasteiger partial charge in [-0.3, -0.25) is 19.2 Å². The van der Waals surface area contributed by atoms with E-state index >= 15 is 0 Å². The molecule has 0 aromatic heterocycles. The van der Waals surface area contributed by atoms with E-state index < -0.39 is 33.2 Å². The van der Waals surface area contributed by atoms with Gasteiger partial charge in [0.2, 0.25) is 5.91 Å². The van der Waals surface area contributed by atoms with Gasteiger partial charge in [-0.25, -0.2) is 12.8 Å². The summed E-state index contributed by atoms with van der Waals surface area (Å²) in [4.78, 5) is 23.2. The van der Waals surface area contributed by atoms with E-state index in [0.717, 1.165) is 28.6 Å². The zero-order chi connectivity index (χ0) is 24.2. The number of carbonyl (C=O) groups is 1. The number of nitro benzene ring substituents is 1. The van der Waals surface area contributed by atoms with E-state index in [4.69, 9.17) is 4.74 Å². The molecule has 0 aliphatic rings. The van der Waals surface area contributed by atoms with Gasteiger partial charge in [0.05, 0.1) is 33.9 Å². The average molecular weight is 473 g/mol. The number of anilines is 2. The Morgan fingerprint density at radius 1 is 1.09 bits per heavy atom. The molecule has 3 aromatic rings. The molecular formula is C22H20FN3O6S. The van der Waals surface area contributed by atoms with Gasteiger partial charge in [-0.15, -0.1) is 0 Å². The zero-order valence-corrected chi connectivity index (χ0v) is 18.5. The van der Waals surface area contributed by atoms with Crippen LogP contribution in [0.25, 0.3) is 0 Å². The quantitative estimate of drug-likeness (QED) is 0.392. The third kappa shape index (κ3) is 5.26. The monoisotopic (exact) mass is 473 g/mol. The fraction of sp³-hybridized carbons (Fsp3) is 0.136. The number of methoxy groups -OCH3 is 1. The largest absolute Gasteiger partial charge is 0.497 e. The Bertz CT molecular complexity index is 1280. The number of amides is 1. The molecule has 1 amide bonds. The number of hydrogen-bond acceptors (Lipinski definition) is 6. The van der Waals surface area contributed by atoms with E-state index in [0.29, 0.717) is 5.75 Å². The summed E-state index contributed by atoms with van der Waals surface area (Å²) in [6, 6.07) is 14.4. The highest BCUT2D eigenvalue weighted by Crippen LogP contribution is 2.28. The first-order valence-corrected chi connectivity index (χ1v) is 11.0. The first-order valence-electron chi connectivity index (χ1n) is 9.59. The predicted octanol–water partition coefficient (Wildman–Crippen LogP) is 3.88. The Morgan fingerprint density at radius 2 is 1.73 bits per heavy atom. The van der Waals surface area contributed by atoms with E-state index in [2.05, 4.69) is 5.32 Å². The number of carbonyl (C=O) groups excluding carboxylic acids is 1. The molecule has 172 valence electrons. The maximum Gasteiger partial charge on any atom is 0.274 e. The van der Waals surface area contributed by atoms with Gasteiger partial charge in [0.25, 0.3) is 15.7 Å². The molecule has 0 spiro atoms. The zero-order valence-electron chi connectivity index (χ0n) is 17.7. The molecular weight excluding hydrogens is 453 g/mol. The molecule has 3 rings (SSSR count). The molecule has 0 fully saturated rings. The predicted molar refractivity (Wildman–Crippen MR) is 120 cm³/mol. The average Bonchev–Trinajstić information content (AvgIpc) is 2.79. The molecule has 1 N–H and O–H groups in total. The van der Waals surface area contributed by atoms with Crippen LogP contribution in [-0.4, -0.2) is 32.9 Å². The summed E-state index contributed by atoms with van der Waals surface area (Å²) in [6.07, 6.45) is 0.